The SMILES string of the molecule is CC1(C)Cc2c(sc3nc(SCC(=O)[O-])[nH]c(=O)c23)CO1. The van der Waals surface area contributed by atoms with Crippen molar-refractivity contribution in [1.82, 2.24) is 9.97 Å². The summed E-state index contributed by atoms with van der Waals surface area (Å²) in [5, 5.41) is 11.4. The first-order valence-electron chi connectivity index (χ1n) is 6.37. The maximum atomic E-state index is 12.3. The first-order valence-corrected chi connectivity index (χ1v) is 8.17. The van der Waals surface area contributed by atoms with E-state index < -0.39 is 5.97 Å². The number of carbonyl (C=O) groups is 1. The highest BCUT2D eigenvalue weighted by Crippen LogP contribution is 2.37. The zero-order valence-corrected chi connectivity index (χ0v) is 13.2. The molecule has 0 aliphatic carbocycles. The van der Waals surface area contributed by atoms with E-state index in [-0.39, 0.29) is 16.9 Å². The molecule has 0 unspecified atom stereocenters. The van der Waals surface area contributed by atoms with Gasteiger partial charge in [0.2, 0.25) is 0 Å². The van der Waals surface area contributed by atoms with Crippen LogP contribution in [0.5, 0.6) is 0 Å². The van der Waals surface area contributed by atoms with Crippen molar-refractivity contribution in [1.29, 1.82) is 0 Å². The molecule has 21 heavy (non-hydrogen) atoms. The Morgan fingerprint density at radius 1 is 1.57 bits per heavy atom. The van der Waals surface area contributed by atoms with Gasteiger partial charge in [0.25, 0.3) is 5.56 Å². The van der Waals surface area contributed by atoms with Crippen molar-refractivity contribution in [3.63, 3.8) is 0 Å². The fraction of sp³-hybridized carbons (Fsp3) is 0.462. The summed E-state index contributed by atoms with van der Waals surface area (Å²) in [5.74, 6) is -1.43. The zero-order valence-electron chi connectivity index (χ0n) is 11.5. The van der Waals surface area contributed by atoms with Crippen LogP contribution in [-0.2, 0) is 22.6 Å². The Hall–Kier alpha value is -1.38. The van der Waals surface area contributed by atoms with E-state index in [2.05, 4.69) is 9.97 Å². The number of carbonyl (C=O) groups excluding carboxylic acids is 1. The molecule has 1 aliphatic heterocycles. The predicted octanol–water partition coefficient (Wildman–Crippen LogP) is 0.678. The van der Waals surface area contributed by atoms with E-state index in [4.69, 9.17) is 4.74 Å². The van der Waals surface area contributed by atoms with Crippen molar-refractivity contribution in [3.05, 3.63) is 20.8 Å². The second-order valence-corrected chi connectivity index (χ2v) is 7.49. The van der Waals surface area contributed by atoms with Crippen LogP contribution in [0.25, 0.3) is 10.2 Å². The summed E-state index contributed by atoms with van der Waals surface area (Å²) in [6.07, 6.45) is 0.665. The van der Waals surface area contributed by atoms with E-state index in [1.807, 2.05) is 13.8 Å². The highest BCUT2D eigenvalue weighted by atomic mass is 32.2. The summed E-state index contributed by atoms with van der Waals surface area (Å²) in [6.45, 7) is 4.46. The molecule has 112 valence electrons. The lowest BCUT2D eigenvalue weighted by atomic mass is 9.94. The Labute approximate surface area is 128 Å². The number of carboxylic acids is 1. The number of H-pyrrole nitrogens is 1. The lowest BCUT2D eigenvalue weighted by Crippen LogP contribution is -2.31. The fourth-order valence-corrected chi connectivity index (χ4v) is 4.06. The van der Waals surface area contributed by atoms with Crippen LogP contribution in [0, 0.1) is 0 Å². The molecule has 0 radical (unpaired) electrons. The van der Waals surface area contributed by atoms with Crippen LogP contribution in [0.15, 0.2) is 9.95 Å². The van der Waals surface area contributed by atoms with Crippen LogP contribution < -0.4 is 10.7 Å². The molecule has 8 heteroatoms. The molecule has 3 rings (SSSR count). The van der Waals surface area contributed by atoms with E-state index in [9.17, 15) is 14.7 Å². The number of rotatable bonds is 3. The average molecular weight is 325 g/mol. The minimum atomic E-state index is -1.19. The number of nitrogens with one attached hydrogen (secondary N) is 1. The molecule has 3 heterocycles. The van der Waals surface area contributed by atoms with Crippen LogP contribution in [-0.4, -0.2) is 27.3 Å². The van der Waals surface area contributed by atoms with E-state index in [1.54, 1.807) is 0 Å². The quantitative estimate of drug-likeness (QED) is 0.658. The molecular weight excluding hydrogens is 312 g/mol. The van der Waals surface area contributed by atoms with Crippen LogP contribution in [0.3, 0.4) is 0 Å². The standard InChI is InChI=1S/C13H14N2O4S2/c1-13(2)3-6-7(4-19-13)21-11-9(6)10(18)14-12(15-11)20-5-8(16)17/h3-5H2,1-2H3,(H,16,17)(H,14,15,18)/p-1. The number of ether oxygens (including phenoxy) is 1. The molecule has 2 aromatic rings. The summed E-state index contributed by atoms with van der Waals surface area (Å²) in [4.78, 5) is 31.4. The summed E-state index contributed by atoms with van der Waals surface area (Å²) in [5.41, 5.74) is 0.475. The number of fused-ring (bicyclic) bond motifs is 3. The molecule has 0 saturated heterocycles. The number of carboxylic acid groups (broad SMARTS) is 1. The zero-order chi connectivity index (χ0) is 15.2. The second-order valence-electron chi connectivity index (χ2n) is 5.44. The Bertz CT molecular complexity index is 778. The van der Waals surface area contributed by atoms with Crippen LogP contribution >= 0.6 is 23.1 Å². The molecule has 0 aromatic carbocycles. The number of aromatic amines is 1. The van der Waals surface area contributed by atoms with Gasteiger partial charge in [-0.05, 0) is 19.4 Å². The molecule has 6 nitrogen and oxygen atoms in total. The monoisotopic (exact) mass is 325 g/mol. The van der Waals surface area contributed by atoms with Crippen molar-refractivity contribution in [2.45, 2.75) is 37.6 Å². The van der Waals surface area contributed by atoms with Gasteiger partial charge in [0.1, 0.15) is 4.83 Å². The highest BCUT2D eigenvalue weighted by molar-refractivity contribution is 7.99. The number of thioether (sulfide) groups is 1. The van der Waals surface area contributed by atoms with Gasteiger partial charge in [-0.3, -0.25) is 4.79 Å². The van der Waals surface area contributed by atoms with Crippen molar-refractivity contribution in [2.24, 2.45) is 0 Å². The van der Waals surface area contributed by atoms with Gasteiger partial charge in [-0.15, -0.1) is 11.3 Å². The maximum absolute atomic E-state index is 12.3. The lowest BCUT2D eigenvalue weighted by Gasteiger charge is -2.29. The fourth-order valence-electron chi connectivity index (χ4n) is 2.33. The number of aliphatic carboxylic acids is 1. The molecule has 0 saturated carbocycles. The number of hydrogen-bond acceptors (Lipinski definition) is 7. The normalized spacial score (nSPS) is 16.9. The number of aromatic nitrogens is 2. The van der Waals surface area contributed by atoms with Crippen molar-refractivity contribution in [2.75, 3.05) is 5.75 Å². The molecule has 0 bridgehead atoms. The van der Waals surface area contributed by atoms with Crippen molar-refractivity contribution < 1.29 is 14.6 Å². The minimum Gasteiger partial charge on any atom is -0.549 e. The predicted molar refractivity (Wildman–Crippen MR) is 78.5 cm³/mol. The van der Waals surface area contributed by atoms with Crippen molar-refractivity contribution in [3.8, 4) is 0 Å². The summed E-state index contributed by atoms with van der Waals surface area (Å²) < 4.78 is 5.75. The Morgan fingerprint density at radius 3 is 3.05 bits per heavy atom. The molecule has 1 aliphatic rings. The Morgan fingerprint density at radius 2 is 2.33 bits per heavy atom. The summed E-state index contributed by atoms with van der Waals surface area (Å²) in [7, 11) is 0. The van der Waals surface area contributed by atoms with Gasteiger partial charge in [0.15, 0.2) is 5.16 Å². The van der Waals surface area contributed by atoms with E-state index in [1.165, 1.54) is 11.3 Å². The number of thiophene rings is 1. The highest BCUT2D eigenvalue weighted by Gasteiger charge is 2.30. The van der Waals surface area contributed by atoms with E-state index in [0.29, 0.717) is 28.4 Å². The lowest BCUT2D eigenvalue weighted by molar-refractivity contribution is -0.301. The molecule has 0 amide bonds. The van der Waals surface area contributed by atoms with Gasteiger partial charge in [-0.2, -0.15) is 0 Å². The third kappa shape index (κ3) is 2.83. The van der Waals surface area contributed by atoms with Gasteiger partial charge in [0.05, 0.1) is 23.6 Å². The molecular formula is C13H13N2O4S2-. The van der Waals surface area contributed by atoms with Gasteiger partial charge in [0, 0.05) is 17.1 Å². The van der Waals surface area contributed by atoms with E-state index in [0.717, 1.165) is 22.2 Å². The van der Waals surface area contributed by atoms with Crippen molar-refractivity contribution >= 4 is 39.3 Å². The van der Waals surface area contributed by atoms with Crippen LogP contribution in [0.2, 0.25) is 0 Å². The third-order valence-corrected chi connectivity index (χ3v) is 5.19. The van der Waals surface area contributed by atoms with Crippen LogP contribution in [0.4, 0.5) is 0 Å². The molecule has 2 aromatic heterocycles. The van der Waals surface area contributed by atoms with Gasteiger partial charge in [-0.25, -0.2) is 4.98 Å². The molecule has 1 N–H and O–H groups in total. The third-order valence-electron chi connectivity index (χ3n) is 3.25. The second kappa shape index (κ2) is 5.11. The summed E-state index contributed by atoms with van der Waals surface area (Å²) >= 11 is 2.38. The molecule has 0 atom stereocenters. The first-order chi connectivity index (χ1) is 9.85. The van der Waals surface area contributed by atoms with Gasteiger partial charge < -0.3 is 19.6 Å². The number of nitrogens with zero attached hydrogens (tertiary/aromatic N) is 1. The summed E-state index contributed by atoms with van der Waals surface area (Å²) in [6, 6.07) is 0. The van der Waals surface area contributed by atoms with E-state index >= 15 is 0 Å². The van der Waals surface area contributed by atoms with Crippen LogP contribution in [0.1, 0.15) is 24.3 Å². The maximum Gasteiger partial charge on any atom is 0.260 e. The first kappa shape index (κ1) is 14.6. The minimum absolute atomic E-state index is 0.226. The number of hydrogen-bond donors (Lipinski definition) is 1. The molecule has 0 spiro atoms. The van der Waals surface area contributed by atoms with Gasteiger partial charge >= 0.3 is 0 Å². The van der Waals surface area contributed by atoms with Gasteiger partial charge in [-0.1, -0.05) is 11.8 Å². The largest absolute Gasteiger partial charge is 0.549 e. The topological polar surface area (TPSA) is 95.1 Å². The smallest absolute Gasteiger partial charge is 0.260 e. The Balaban J connectivity index is 2.06. The Kier molecular flexibility index (Phi) is 3.54. The average Bonchev–Trinajstić information content (AvgIpc) is 2.73. The molecule has 0 fully saturated rings.